The van der Waals surface area contributed by atoms with E-state index in [0.29, 0.717) is 19.0 Å². The standard InChI is InChI=1S/C4H11NO2S/c1-2-7-3-4-8(5)6/h2-5H2,1H3. The van der Waals surface area contributed by atoms with Gasteiger partial charge in [-0.25, -0.2) is 4.21 Å². The summed E-state index contributed by atoms with van der Waals surface area (Å²) in [6, 6.07) is 0. The van der Waals surface area contributed by atoms with Gasteiger partial charge >= 0.3 is 0 Å². The summed E-state index contributed by atoms with van der Waals surface area (Å²) < 4.78 is 15.0. The molecule has 1 unspecified atom stereocenters. The van der Waals surface area contributed by atoms with Crippen LogP contribution in [0.3, 0.4) is 0 Å². The average molecular weight is 137 g/mol. The molecule has 0 aromatic rings. The summed E-state index contributed by atoms with van der Waals surface area (Å²) in [4.78, 5) is 0. The molecule has 3 nitrogen and oxygen atoms in total. The number of hydrogen-bond acceptors (Lipinski definition) is 2. The van der Waals surface area contributed by atoms with Crippen molar-refractivity contribution in [2.24, 2.45) is 5.14 Å². The summed E-state index contributed by atoms with van der Waals surface area (Å²) in [7, 11) is -1.19. The molecule has 0 heterocycles. The second-order valence-electron chi connectivity index (χ2n) is 1.28. The molecule has 0 aliphatic rings. The molecule has 0 amide bonds. The van der Waals surface area contributed by atoms with Crippen molar-refractivity contribution in [2.45, 2.75) is 6.92 Å². The molecule has 0 aromatic carbocycles. The maximum Gasteiger partial charge on any atom is 0.0911 e. The summed E-state index contributed by atoms with van der Waals surface area (Å²) >= 11 is 0. The molecule has 0 spiro atoms. The Bertz CT molecular complexity index is 76.4. The molecule has 0 bridgehead atoms. The van der Waals surface area contributed by atoms with Crippen molar-refractivity contribution >= 4 is 11.0 Å². The molecule has 2 N–H and O–H groups in total. The van der Waals surface area contributed by atoms with Gasteiger partial charge < -0.3 is 4.74 Å². The van der Waals surface area contributed by atoms with E-state index in [4.69, 9.17) is 9.88 Å². The lowest BCUT2D eigenvalue weighted by molar-refractivity contribution is 0.164. The van der Waals surface area contributed by atoms with Crippen LogP contribution in [0.25, 0.3) is 0 Å². The lowest BCUT2D eigenvalue weighted by Gasteiger charge is -1.95. The van der Waals surface area contributed by atoms with Gasteiger partial charge in [-0.2, -0.15) is 0 Å². The lowest BCUT2D eigenvalue weighted by Crippen LogP contribution is -2.12. The molecular formula is C4H11NO2S. The van der Waals surface area contributed by atoms with E-state index in [1.54, 1.807) is 0 Å². The van der Waals surface area contributed by atoms with E-state index in [1.807, 2.05) is 6.92 Å². The Hall–Kier alpha value is 0.0700. The predicted octanol–water partition coefficient (Wildman–Crippen LogP) is -0.355. The van der Waals surface area contributed by atoms with Crippen LogP contribution >= 0.6 is 0 Å². The summed E-state index contributed by atoms with van der Waals surface area (Å²) in [5.74, 6) is 0.438. The van der Waals surface area contributed by atoms with Crippen molar-refractivity contribution in [3.05, 3.63) is 0 Å². The van der Waals surface area contributed by atoms with Crippen molar-refractivity contribution in [1.82, 2.24) is 0 Å². The third-order valence-corrected chi connectivity index (χ3v) is 1.20. The largest absolute Gasteiger partial charge is 0.381 e. The first-order valence-corrected chi connectivity index (χ1v) is 3.86. The van der Waals surface area contributed by atoms with Crippen LogP contribution in [0.15, 0.2) is 0 Å². The quantitative estimate of drug-likeness (QED) is 0.538. The first kappa shape index (κ1) is 8.07. The highest BCUT2D eigenvalue weighted by molar-refractivity contribution is 7.82. The predicted molar refractivity (Wildman–Crippen MR) is 33.7 cm³/mol. The van der Waals surface area contributed by atoms with Crippen LogP contribution in [0.4, 0.5) is 0 Å². The Labute approximate surface area is 51.8 Å². The normalized spacial score (nSPS) is 13.8. The fourth-order valence-electron chi connectivity index (χ4n) is 0.285. The van der Waals surface area contributed by atoms with Gasteiger partial charge in [0.25, 0.3) is 0 Å². The number of ether oxygens (including phenoxy) is 1. The summed E-state index contributed by atoms with van der Waals surface area (Å²) in [5, 5.41) is 4.93. The first-order chi connectivity index (χ1) is 3.77. The van der Waals surface area contributed by atoms with Crippen molar-refractivity contribution < 1.29 is 8.95 Å². The minimum atomic E-state index is -1.19. The molecule has 0 aliphatic carbocycles. The molecule has 0 aliphatic heterocycles. The number of nitrogens with two attached hydrogens (primary N) is 1. The molecule has 0 fully saturated rings. The van der Waals surface area contributed by atoms with Gasteiger partial charge in [0.1, 0.15) is 0 Å². The maximum absolute atomic E-state index is 10.1. The second kappa shape index (κ2) is 5.21. The summed E-state index contributed by atoms with van der Waals surface area (Å²) in [5.41, 5.74) is 0. The molecule has 50 valence electrons. The SMILES string of the molecule is CCOCCS(N)=O. The minimum Gasteiger partial charge on any atom is -0.381 e. The second-order valence-corrected chi connectivity index (χ2v) is 2.45. The van der Waals surface area contributed by atoms with Crippen LogP contribution in [0.2, 0.25) is 0 Å². The fraction of sp³-hybridized carbons (Fsp3) is 1.00. The Morgan fingerprint density at radius 3 is 2.75 bits per heavy atom. The molecular weight excluding hydrogens is 126 g/mol. The van der Waals surface area contributed by atoms with Crippen molar-refractivity contribution in [1.29, 1.82) is 0 Å². The fourth-order valence-corrected chi connectivity index (χ4v) is 0.568. The molecule has 0 rings (SSSR count). The van der Waals surface area contributed by atoms with Crippen molar-refractivity contribution in [2.75, 3.05) is 19.0 Å². The molecule has 8 heavy (non-hydrogen) atoms. The Kier molecular flexibility index (Phi) is 5.26. The van der Waals surface area contributed by atoms with Crippen LogP contribution in [0.5, 0.6) is 0 Å². The monoisotopic (exact) mass is 137 g/mol. The van der Waals surface area contributed by atoms with Gasteiger partial charge in [-0.1, -0.05) is 0 Å². The van der Waals surface area contributed by atoms with Crippen molar-refractivity contribution in [3.8, 4) is 0 Å². The van der Waals surface area contributed by atoms with Crippen LogP contribution in [0, 0.1) is 0 Å². The van der Waals surface area contributed by atoms with E-state index in [1.165, 1.54) is 0 Å². The van der Waals surface area contributed by atoms with Gasteiger partial charge in [-0.05, 0) is 6.92 Å². The lowest BCUT2D eigenvalue weighted by atomic mass is 10.8. The van der Waals surface area contributed by atoms with Crippen LogP contribution in [-0.2, 0) is 15.7 Å². The van der Waals surface area contributed by atoms with E-state index < -0.39 is 11.0 Å². The molecule has 0 aromatic heterocycles. The molecule has 0 saturated heterocycles. The number of hydrogen-bond donors (Lipinski definition) is 1. The maximum atomic E-state index is 10.1. The molecule has 0 saturated carbocycles. The number of rotatable bonds is 4. The third kappa shape index (κ3) is 6.07. The average Bonchev–Trinajstić information content (AvgIpc) is 1.66. The van der Waals surface area contributed by atoms with Gasteiger partial charge in [0.15, 0.2) is 0 Å². The zero-order valence-corrected chi connectivity index (χ0v) is 5.74. The minimum absolute atomic E-state index is 0.438. The first-order valence-electron chi connectivity index (χ1n) is 2.48. The highest BCUT2D eigenvalue weighted by atomic mass is 32.2. The zero-order valence-electron chi connectivity index (χ0n) is 4.92. The summed E-state index contributed by atoms with van der Waals surface area (Å²) in [6.07, 6.45) is 0. The summed E-state index contributed by atoms with van der Waals surface area (Å²) in [6.45, 7) is 3.05. The topological polar surface area (TPSA) is 52.3 Å². The van der Waals surface area contributed by atoms with Gasteiger partial charge in [-0.3, -0.25) is 5.14 Å². The van der Waals surface area contributed by atoms with Crippen LogP contribution in [0.1, 0.15) is 6.92 Å². The van der Waals surface area contributed by atoms with Gasteiger partial charge in [0, 0.05) is 6.61 Å². The van der Waals surface area contributed by atoms with E-state index in [2.05, 4.69) is 0 Å². The van der Waals surface area contributed by atoms with E-state index in [9.17, 15) is 4.21 Å². The van der Waals surface area contributed by atoms with E-state index in [-0.39, 0.29) is 0 Å². The van der Waals surface area contributed by atoms with E-state index >= 15 is 0 Å². The van der Waals surface area contributed by atoms with Gasteiger partial charge in [-0.15, -0.1) is 0 Å². The van der Waals surface area contributed by atoms with E-state index in [0.717, 1.165) is 0 Å². The van der Waals surface area contributed by atoms with Crippen LogP contribution < -0.4 is 5.14 Å². The Morgan fingerprint density at radius 2 is 2.38 bits per heavy atom. The molecule has 1 atom stereocenters. The van der Waals surface area contributed by atoms with Crippen LogP contribution in [-0.4, -0.2) is 23.2 Å². The highest BCUT2D eigenvalue weighted by Gasteiger charge is 1.88. The zero-order chi connectivity index (χ0) is 6.41. The smallest absolute Gasteiger partial charge is 0.0911 e. The van der Waals surface area contributed by atoms with Gasteiger partial charge in [0.2, 0.25) is 0 Å². The highest BCUT2D eigenvalue weighted by Crippen LogP contribution is 1.73. The third-order valence-electron chi connectivity index (χ3n) is 0.633. The molecule has 4 heteroatoms. The van der Waals surface area contributed by atoms with Crippen molar-refractivity contribution in [3.63, 3.8) is 0 Å². The Morgan fingerprint density at radius 1 is 1.75 bits per heavy atom. The molecule has 0 radical (unpaired) electrons. The Balaban J connectivity index is 2.82. The van der Waals surface area contributed by atoms with Gasteiger partial charge in [0.05, 0.1) is 23.3 Å².